The second-order valence-corrected chi connectivity index (χ2v) is 4.15. The lowest BCUT2D eigenvalue weighted by Crippen LogP contribution is -2.19. The van der Waals surface area contributed by atoms with Gasteiger partial charge in [0.05, 0.1) is 6.42 Å². The fourth-order valence-electron chi connectivity index (χ4n) is 2.44. The van der Waals surface area contributed by atoms with Gasteiger partial charge in [0.2, 0.25) is 0 Å². The van der Waals surface area contributed by atoms with Gasteiger partial charge >= 0.3 is 5.97 Å². The topological polar surface area (TPSA) is 72.5 Å². The highest BCUT2D eigenvalue weighted by Crippen LogP contribution is 2.40. The summed E-state index contributed by atoms with van der Waals surface area (Å²) in [6.07, 6.45) is 1.72. The van der Waals surface area contributed by atoms with Gasteiger partial charge in [0.25, 0.3) is 0 Å². The summed E-state index contributed by atoms with van der Waals surface area (Å²) >= 11 is 0. The number of benzene rings is 1. The lowest BCUT2D eigenvalue weighted by molar-refractivity contribution is -0.131. The second-order valence-electron chi connectivity index (χ2n) is 4.15. The van der Waals surface area contributed by atoms with Crippen LogP contribution >= 0.6 is 0 Å². The smallest absolute Gasteiger partial charge is 0.315 e. The number of nitrogens with two attached hydrogens (primary N) is 1. The first kappa shape index (κ1) is 8.73. The molecule has 3 rings (SSSR count). The third-order valence-corrected chi connectivity index (χ3v) is 3.08. The Labute approximate surface area is 86.7 Å². The Balaban J connectivity index is 2.21. The quantitative estimate of drug-likeness (QED) is 0.471. The molecule has 1 aliphatic heterocycles. The van der Waals surface area contributed by atoms with Gasteiger partial charge in [-0.3, -0.25) is 4.79 Å². The van der Waals surface area contributed by atoms with E-state index < -0.39 is 0 Å². The number of hydrogen-bond donors (Lipinski definition) is 2. The van der Waals surface area contributed by atoms with Gasteiger partial charge in [-0.05, 0) is 24.0 Å². The third-order valence-electron chi connectivity index (χ3n) is 3.08. The van der Waals surface area contributed by atoms with Gasteiger partial charge in [-0.25, -0.2) is 0 Å². The van der Waals surface area contributed by atoms with Crippen molar-refractivity contribution in [3.63, 3.8) is 0 Å². The molecule has 0 spiro atoms. The van der Waals surface area contributed by atoms with Crippen LogP contribution in [0, 0.1) is 0 Å². The van der Waals surface area contributed by atoms with Crippen LogP contribution in [0.2, 0.25) is 0 Å². The normalized spacial score (nSPS) is 22.5. The summed E-state index contributed by atoms with van der Waals surface area (Å²) in [6, 6.07) is 1.57. The number of phenols is 1. The summed E-state index contributed by atoms with van der Waals surface area (Å²) in [6.45, 7) is 0. The Morgan fingerprint density at radius 2 is 2.07 bits per heavy atom. The van der Waals surface area contributed by atoms with Crippen LogP contribution in [-0.4, -0.2) is 17.1 Å². The molecule has 1 aromatic rings. The van der Waals surface area contributed by atoms with E-state index in [4.69, 9.17) is 10.5 Å². The standard InChI is InChI=1S/C11H11NO3/c12-5-1-6-7(2-5)9(13)4-10-8(6)3-11(14)15-10/h4-5,13H,1-3,12H2. The predicted octanol–water partition coefficient (Wildman–Crippen LogP) is 0.280. The zero-order valence-corrected chi connectivity index (χ0v) is 8.12. The van der Waals surface area contributed by atoms with E-state index in [1.807, 2.05) is 0 Å². The average molecular weight is 205 g/mol. The number of hydrogen-bond acceptors (Lipinski definition) is 4. The number of aromatic hydroxyl groups is 1. The maximum absolute atomic E-state index is 11.2. The summed E-state index contributed by atoms with van der Waals surface area (Å²) in [5.74, 6) is 0.454. The Bertz CT molecular complexity index is 467. The van der Waals surface area contributed by atoms with Crippen molar-refractivity contribution in [3.05, 3.63) is 22.8 Å². The highest BCUT2D eigenvalue weighted by Gasteiger charge is 2.31. The van der Waals surface area contributed by atoms with Crippen molar-refractivity contribution < 1.29 is 14.6 Å². The van der Waals surface area contributed by atoms with E-state index in [1.165, 1.54) is 6.07 Å². The fourth-order valence-corrected chi connectivity index (χ4v) is 2.44. The lowest BCUT2D eigenvalue weighted by Gasteiger charge is -2.06. The molecule has 4 heteroatoms. The molecule has 78 valence electrons. The number of carbonyl (C=O) groups excluding carboxylic acids is 1. The molecular weight excluding hydrogens is 194 g/mol. The number of esters is 1. The minimum absolute atomic E-state index is 0.0492. The van der Waals surface area contributed by atoms with Crippen molar-refractivity contribution in [2.45, 2.75) is 25.3 Å². The molecule has 15 heavy (non-hydrogen) atoms. The number of rotatable bonds is 0. The lowest BCUT2D eigenvalue weighted by atomic mass is 10.0. The highest BCUT2D eigenvalue weighted by molar-refractivity contribution is 5.83. The van der Waals surface area contributed by atoms with Gasteiger partial charge in [0.1, 0.15) is 11.5 Å². The molecule has 2 aliphatic rings. The Morgan fingerprint density at radius 3 is 2.87 bits per heavy atom. The molecule has 1 aromatic carbocycles. The van der Waals surface area contributed by atoms with Crippen LogP contribution in [0.1, 0.15) is 16.7 Å². The molecule has 4 nitrogen and oxygen atoms in total. The van der Waals surface area contributed by atoms with E-state index in [0.717, 1.165) is 23.1 Å². The average Bonchev–Trinajstić information content (AvgIpc) is 2.68. The van der Waals surface area contributed by atoms with Gasteiger partial charge in [-0.2, -0.15) is 0 Å². The van der Waals surface area contributed by atoms with Crippen molar-refractivity contribution in [3.8, 4) is 11.5 Å². The molecule has 1 unspecified atom stereocenters. The van der Waals surface area contributed by atoms with Crippen LogP contribution in [-0.2, 0) is 24.1 Å². The minimum atomic E-state index is -0.252. The number of carbonyl (C=O) groups is 1. The van der Waals surface area contributed by atoms with Crippen LogP contribution in [0.3, 0.4) is 0 Å². The van der Waals surface area contributed by atoms with Crippen molar-refractivity contribution in [2.24, 2.45) is 5.73 Å². The van der Waals surface area contributed by atoms with E-state index in [-0.39, 0.29) is 17.8 Å². The third kappa shape index (κ3) is 1.15. The molecule has 0 saturated carbocycles. The molecule has 0 aromatic heterocycles. The summed E-state index contributed by atoms with van der Waals surface area (Å²) < 4.78 is 5.01. The van der Waals surface area contributed by atoms with Gasteiger partial charge in [-0.1, -0.05) is 0 Å². The van der Waals surface area contributed by atoms with Crippen molar-refractivity contribution >= 4 is 5.97 Å². The Kier molecular flexibility index (Phi) is 1.59. The van der Waals surface area contributed by atoms with E-state index in [2.05, 4.69) is 0 Å². The first-order valence-electron chi connectivity index (χ1n) is 4.98. The Morgan fingerprint density at radius 1 is 1.33 bits per heavy atom. The molecule has 1 heterocycles. The van der Waals surface area contributed by atoms with Crippen LogP contribution in [0.4, 0.5) is 0 Å². The molecule has 3 N–H and O–H groups in total. The molecule has 0 radical (unpaired) electrons. The SMILES string of the molecule is NC1Cc2c(O)cc3c(c2C1)CC(=O)O3. The maximum Gasteiger partial charge on any atom is 0.315 e. The molecule has 0 amide bonds. The van der Waals surface area contributed by atoms with E-state index in [0.29, 0.717) is 18.6 Å². The van der Waals surface area contributed by atoms with Gasteiger partial charge in [-0.15, -0.1) is 0 Å². The van der Waals surface area contributed by atoms with E-state index in [1.54, 1.807) is 0 Å². The van der Waals surface area contributed by atoms with E-state index in [9.17, 15) is 9.90 Å². The van der Waals surface area contributed by atoms with Gasteiger partial charge < -0.3 is 15.6 Å². The molecule has 1 aliphatic carbocycles. The first-order chi connectivity index (χ1) is 7.15. The highest BCUT2D eigenvalue weighted by atomic mass is 16.5. The van der Waals surface area contributed by atoms with Crippen LogP contribution < -0.4 is 10.5 Å². The largest absolute Gasteiger partial charge is 0.508 e. The molecule has 0 saturated heterocycles. The maximum atomic E-state index is 11.2. The van der Waals surface area contributed by atoms with Gasteiger partial charge in [0, 0.05) is 17.7 Å². The first-order valence-corrected chi connectivity index (χ1v) is 4.98. The molecule has 0 bridgehead atoms. The van der Waals surface area contributed by atoms with Crippen LogP contribution in [0.15, 0.2) is 6.07 Å². The summed E-state index contributed by atoms with van der Waals surface area (Å²) in [7, 11) is 0. The summed E-state index contributed by atoms with van der Waals surface area (Å²) in [5, 5.41) is 9.75. The molecule has 1 atom stereocenters. The van der Waals surface area contributed by atoms with Crippen molar-refractivity contribution in [1.82, 2.24) is 0 Å². The van der Waals surface area contributed by atoms with E-state index >= 15 is 0 Å². The monoisotopic (exact) mass is 205 g/mol. The van der Waals surface area contributed by atoms with Crippen LogP contribution in [0.5, 0.6) is 11.5 Å². The number of fused-ring (bicyclic) bond motifs is 3. The number of ether oxygens (including phenoxy) is 1. The van der Waals surface area contributed by atoms with Crippen LogP contribution in [0.25, 0.3) is 0 Å². The predicted molar refractivity (Wildman–Crippen MR) is 52.8 cm³/mol. The van der Waals surface area contributed by atoms with Crippen molar-refractivity contribution in [2.75, 3.05) is 0 Å². The minimum Gasteiger partial charge on any atom is -0.508 e. The Hall–Kier alpha value is -1.55. The zero-order chi connectivity index (χ0) is 10.6. The molecule has 0 fully saturated rings. The fraction of sp³-hybridized carbons (Fsp3) is 0.364. The summed E-state index contributed by atoms with van der Waals surface area (Å²) in [4.78, 5) is 11.2. The molecular formula is C11H11NO3. The van der Waals surface area contributed by atoms with Gasteiger partial charge in [0.15, 0.2) is 0 Å². The van der Waals surface area contributed by atoms with Crippen molar-refractivity contribution in [1.29, 1.82) is 0 Å². The zero-order valence-electron chi connectivity index (χ0n) is 8.12. The second kappa shape index (κ2) is 2.73. The summed E-state index contributed by atoms with van der Waals surface area (Å²) in [5.41, 5.74) is 8.67. The number of phenolic OH excluding ortho intramolecular Hbond substituents is 1.